The first-order chi connectivity index (χ1) is 15.8. The van der Waals surface area contributed by atoms with E-state index < -0.39 is 11.5 Å². The fourth-order valence-electron chi connectivity index (χ4n) is 5.86. The van der Waals surface area contributed by atoms with Gasteiger partial charge in [-0.05, 0) is 86.1 Å². The predicted molar refractivity (Wildman–Crippen MR) is 139 cm³/mol. The lowest BCUT2D eigenvalue weighted by Crippen LogP contribution is -2.52. The van der Waals surface area contributed by atoms with Gasteiger partial charge in [0.25, 0.3) is 0 Å². The van der Waals surface area contributed by atoms with Crippen molar-refractivity contribution in [3.8, 4) is 0 Å². The van der Waals surface area contributed by atoms with Gasteiger partial charge in [-0.15, -0.1) is 0 Å². The zero-order valence-electron chi connectivity index (χ0n) is 19.0. The zero-order chi connectivity index (χ0) is 23.2. The van der Waals surface area contributed by atoms with Gasteiger partial charge in [0.1, 0.15) is 5.54 Å². The molecule has 5 rings (SSSR count). The Morgan fingerprint density at radius 2 is 1.61 bits per heavy atom. The Kier molecular flexibility index (Phi) is 5.44. The molecule has 3 aromatic rings. The molecule has 2 N–H and O–H groups in total. The third-order valence-corrected chi connectivity index (χ3v) is 7.89. The molecule has 3 aromatic carbocycles. The number of hydrogen-bond donors (Lipinski definition) is 2. The monoisotopic (exact) mass is 501 g/mol. The molecule has 4 heteroatoms. The molecule has 0 aromatic heterocycles. The van der Waals surface area contributed by atoms with Crippen molar-refractivity contribution in [2.24, 2.45) is 0 Å². The van der Waals surface area contributed by atoms with Crippen LogP contribution in [0.1, 0.15) is 53.5 Å². The van der Waals surface area contributed by atoms with Crippen LogP contribution in [-0.2, 0) is 10.2 Å². The molecule has 2 aliphatic carbocycles. The number of rotatable bonds is 4. The highest BCUT2D eigenvalue weighted by atomic mass is 79.9. The van der Waals surface area contributed by atoms with Crippen molar-refractivity contribution in [3.05, 3.63) is 99.0 Å². The number of hydrogen-bond acceptors (Lipinski definition) is 2. The number of fused-ring (bicyclic) bond motifs is 2. The van der Waals surface area contributed by atoms with Gasteiger partial charge in [0, 0.05) is 15.6 Å². The molecule has 33 heavy (non-hydrogen) atoms. The van der Waals surface area contributed by atoms with Crippen molar-refractivity contribution in [3.63, 3.8) is 0 Å². The van der Waals surface area contributed by atoms with Gasteiger partial charge in [-0.25, -0.2) is 4.79 Å². The van der Waals surface area contributed by atoms with Crippen LogP contribution in [0.15, 0.2) is 71.2 Å². The van der Waals surface area contributed by atoms with E-state index in [1.54, 1.807) is 0 Å². The lowest BCUT2D eigenvalue weighted by atomic mass is 9.61. The van der Waals surface area contributed by atoms with Crippen molar-refractivity contribution >= 4 is 39.2 Å². The minimum atomic E-state index is -0.975. The van der Waals surface area contributed by atoms with E-state index in [4.69, 9.17) is 0 Å². The van der Waals surface area contributed by atoms with Gasteiger partial charge in [0.15, 0.2) is 0 Å². The average Bonchev–Trinajstić information content (AvgIpc) is 3.09. The number of aliphatic carboxylic acids is 1. The highest BCUT2D eigenvalue weighted by Gasteiger charge is 2.51. The summed E-state index contributed by atoms with van der Waals surface area (Å²) in [6.07, 6.45) is 5.03. The van der Waals surface area contributed by atoms with Crippen molar-refractivity contribution in [2.75, 3.05) is 5.32 Å². The van der Waals surface area contributed by atoms with Crippen LogP contribution < -0.4 is 5.32 Å². The number of benzene rings is 3. The molecule has 2 aliphatic rings. The summed E-state index contributed by atoms with van der Waals surface area (Å²) in [6.45, 7) is 4.29. The Hall–Kier alpha value is -2.85. The van der Waals surface area contributed by atoms with Gasteiger partial charge >= 0.3 is 5.97 Å². The molecule has 0 aliphatic heterocycles. The Labute approximate surface area is 203 Å². The first-order valence-corrected chi connectivity index (χ1v) is 12.3. The molecule has 0 saturated heterocycles. The van der Waals surface area contributed by atoms with Crippen LogP contribution in [-0.4, -0.2) is 16.6 Å². The molecule has 0 amide bonds. The summed E-state index contributed by atoms with van der Waals surface area (Å²) in [4.78, 5) is 12.6. The van der Waals surface area contributed by atoms with Gasteiger partial charge < -0.3 is 10.4 Å². The van der Waals surface area contributed by atoms with Crippen molar-refractivity contribution < 1.29 is 9.90 Å². The van der Waals surface area contributed by atoms with E-state index in [1.807, 2.05) is 24.3 Å². The third kappa shape index (κ3) is 3.80. The van der Waals surface area contributed by atoms with E-state index in [9.17, 15) is 9.90 Å². The Morgan fingerprint density at radius 1 is 0.909 bits per heavy atom. The first kappa shape index (κ1) is 22.0. The number of carboxylic acids is 1. The highest BCUT2D eigenvalue weighted by molar-refractivity contribution is 9.10. The second-order valence-corrected chi connectivity index (χ2v) is 10.5. The molecule has 0 atom stereocenters. The maximum atomic E-state index is 12.6. The van der Waals surface area contributed by atoms with Crippen LogP contribution in [0.5, 0.6) is 0 Å². The Morgan fingerprint density at radius 3 is 2.27 bits per heavy atom. The molecule has 1 saturated carbocycles. The molecular formula is C29H28BrNO2. The molecule has 1 spiro atoms. The number of carboxylic acid groups (broad SMARTS) is 1. The maximum absolute atomic E-state index is 12.6. The summed E-state index contributed by atoms with van der Waals surface area (Å²) >= 11 is 3.50. The maximum Gasteiger partial charge on any atom is 0.329 e. The van der Waals surface area contributed by atoms with E-state index in [-0.39, 0.29) is 5.41 Å². The predicted octanol–water partition coefficient (Wildman–Crippen LogP) is 7.37. The molecule has 1 fully saturated rings. The average molecular weight is 502 g/mol. The largest absolute Gasteiger partial charge is 0.480 e. The lowest BCUT2D eigenvalue weighted by molar-refractivity contribution is -0.143. The minimum Gasteiger partial charge on any atom is -0.480 e. The quantitative estimate of drug-likeness (QED) is 0.392. The smallest absolute Gasteiger partial charge is 0.329 e. The summed E-state index contributed by atoms with van der Waals surface area (Å²) in [5, 5.41) is 13.7. The van der Waals surface area contributed by atoms with E-state index in [0.717, 1.165) is 23.0 Å². The number of aryl methyl sites for hydroxylation is 2. The van der Waals surface area contributed by atoms with E-state index in [0.29, 0.717) is 12.8 Å². The van der Waals surface area contributed by atoms with Crippen LogP contribution in [0.3, 0.4) is 0 Å². The second-order valence-electron chi connectivity index (χ2n) is 9.63. The number of allylic oxidation sites excluding steroid dienone is 1. The summed E-state index contributed by atoms with van der Waals surface area (Å²) in [5.41, 5.74) is 7.39. The Balaban J connectivity index is 1.54. The molecule has 0 heterocycles. The SMILES string of the molecule is Cc1cc(C)cc(C2=Cc3ccccc3C23CCC(Nc2cccc(Br)c2)(C(=O)O)CC3)c1. The minimum absolute atomic E-state index is 0.158. The van der Waals surface area contributed by atoms with Gasteiger partial charge in [-0.2, -0.15) is 0 Å². The summed E-state index contributed by atoms with van der Waals surface area (Å²) in [6, 6.07) is 23.1. The van der Waals surface area contributed by atoms with E-state index >= 15 is 0 Å². The fourth-order valence-corrected chi connectivity index (χ4v) is 6.26. The third-order valence-electron chi connectivity index (χ3n) is 7.40. The lowest BCUT2D eigenvalue weighted by Gasteiger charge is -2.45. The van der Waals surface area contributed by atoms with Crippen LogP contribution in [0.4, 0.5) is 5.69 Å². The molecular weight excluding hydrogens is 474 g/mol. The molecule has 168 valence electrons. The first-order valence-electron chi connectivity index (χ1n) is 11.5. The van der Waals surface area contributed by atoms with Crippen LogP contribution in [0.2, 0.25) is 0 Å². The van der Waals surface area contributed by atoms with Crippen LogP contribution in [0, 0.1) is 13.8 Å². The highest BCUT2D eigenvalue weighted by Crippen LogP contribution is 2.56. The van der Waals surface area contributed by atoms with Gasteiger partial charge in [0.2, 0.25) is 0 Å². The van der Waals surface area contributed by atoms with Crippen molar-refractivity contribution in [1.29, 1.82) is 0 Å². The second kappa shape index (κ2) is 8.18. The number of halogens is 1. The van der Waals surface area contributed by atoms with Gasteiger partial charge in [-0.1, -0.05) is 75.6 Å². The van der Waals surface area contributed by atoms with E-state index in [2.05, 4.69) is 83.6 Å². The van der Waals surface area contributed by atoms with Crippen molar-refractivity contribution in [2.45, 2.75) is 50.5 Å². The number of anilines is 1. The summed E-state index contributed by atoms with van der Waals surface area (Å²) in [5.74, 6) is -0.777. The molecule has 0 unspecified atom stereocenters. The summed E-state index contributed by atoms with van der Waals surface area (Å²) < 4.78 is 0.935. The van der Waals surface area contributed by atoms with E-state index in [1.165, 1.54) is 33.4 Å². The van der Waals surface area contributed by atoms with Crippen LogP contribution in [0.25, 0.3) is 11.6 Å². The van der Waals surface area contributed by atoms with Crippen molar-refractivity contribution in [1.82, 2.24) is 0 Å². The Bertz CT molecular complexity index is 1250. The topological polar surface area (TPSA) is 49.3 Å². The normalized spacial score (nSPS) is 23.8. The molecule has 0 radical (unpaired) electrons. The number of carbonyl (C=O) groups is 1. The standard InChI is InChI=1S/C29H28BrNO2/c1-19-14-20(2)16-22(15-19)26-17-21-6-3-4-9-25(21)28(26)10-12-29(13-11-28,27(32)33)31-24-8-5-7-23(30)18-24/h3-9,14-18,31H,10-13H2,1-2H3,(H,32,33). The molecule has 3 nitrogen and oxygen atoms in total. The number of nitrogens with one attached hydrogen (secondary N) is 1. The van der Waals surface area contributed by atoms with Gasteiger partial charge in [0.05, 0.1) is 0 Å². The van der Waals surface area contributed by atoms with Crippen LogP contribution >= 0.6 is 15.9 Å². The molecule has 0 bridgehead atoms. The van der Waals surface area contributed by atoms with Gasteiger partial charge in [-0.3, -0.25) is 0 Å². The summed E-state index contributed by atoms with van der Waals surface area (Å²) in [7, 11) is 0. The fraction of sp³-hybridized carbons (Fsp3) is 0.276. The zero-order valence-corrected chi connectivity index (χ0v) is 20.6.